The molecule has 0 aromatic heterocycles. The third-order valence-electron chi connectivity index (χ3n) is 2.44. The average molecular weight is 293 g/mol. The first-order valence-corrected chi connectivity index (χ1v) is 6.69. The first kappa shape index (κ1) is 16.8. The fourth-order valence-corrected chi connectivity index (χ4v) is 1.55. The van der Waals surface area contributed by atoms with Gasteiger partial charge in [0.25, 0.3) is 0 Å². The van der Waals surface area contributed by atoms with Crippen LogP contribution in [0, 0.1) is 17.1 Å². The maximum absolute atomic E-state index is 12.8. The highest BCUT2D eigenvalue weighted by Gasteiger charge is 2.16. The number of nitriles is 1. The first-order chi connectivity index (χ1) is 9.80. The van der Waals surface area contributed by atoms with Gasteiger partial charge in [0.1, 0.15) is 17.5 Å². The van der Waals surface area contributed by atoms with Crippen LogP contribution in [0.25, 0.3) is 0 Å². The van der Waals surface area contributed by atoms with E-state index in [1.54, 1.807) is 32.9 Å². The van der Waals surface area contributed by atoms with Gasteiger partial charge in [-0.2, -0.15) is 5.26 Å². The summed E-state index contributed by atoms with van der Waals surface area (Å²) in [5.74, 6) is -0.333. The van der Waals surface area contributed by atoms with Crippen LogP contribution in [0.3, 0.4) is 0 Å². The molecule has 0 bridgehead atoms. The Kier molecular flexibility index (Phi) is 5.97. The third kappa shape index (κ3) is 7.16. The summed E-state index contributed by atoms with van der Waals surface area (Å²) in [5.41, 5.74) is 0.102. The van der Waals surface area contributed by atoms with Gasteiger partial charge < -0.3 is 15.4 Å². The van der Waals surface area contributed by atoms with Crippen molar-refractivity contribution in [1.29, 1.82) is 5.26 Å². The second-order valence-corrected chi connectivity index (χ2v) is 5.55. The van der Waals surface area contributed by atoms with E-state index in [-0.39, 0.29) is 5.82 Å². The summed E-state index contributed by atoms with van der Waals surface area (Å²) in [4.78, 5) is 11.4. The molecule has 1 rings (SSSR count). The van der Waals surface area contributed by atoms with Gasteiger partial charge in [-0.15, -0.1) is 0 Å². The molecule has 6 heteroatoms. The van der Waals surface area contributed by atoms with Gasteiger partial charge >= 0.3 is 6.09 Å². The number of hydrogen-bond acceptors (Lipinski definition) is 4. The van der Waals surface area contributed by atoms with Crippen LogP contribution >= 0.6 is 0 Å². The molecule has 1 unspecified atom stereocenters. The van der Waals surface area contributed by atoms with Crippen molar-refractivity contribution < 1.29 is 13.9 Å². The minimum atomic E-state index is -0.551. The van der Waals surface area contributed by atoms with Gasteiger partial charge in [0.05, 0.1) is 6.07 Å². The van der Waals surface area contributed by atoms with Crippen molar-refractivity contribution in [2.24, 2.45) is 0 Å². The summed E-state index contributed by atoms with van der Waals surface area (Å²) in [7, 11) is 0. The number of halogens is 1. The van der Waals surface area contributed by atoms with Crippen LogP contribution in [-0.2, 0) is 4.74 Å². The highest BCUT2D eigenvalue weighted by atomic mass is 19.1. The maximum Gasteiger partial charge on any atom is 0.407 e. The first-order valence-electron chi connectivity index (χ1n) is 6.69. The number of alkyl carbamates (subject to hydrolysis) is 1. The predicted molar refractivity (Wildman–Crippen MR) is 78.3 cm³/mol. The quantitative estimate of drug-likeness (QED) is 0.875. The number of carbonyl (C=O) groups excluding carboxylic acids is 1. The fraction of sp³-hybridized carbons (Fsp3) is 0.467. The summed E-state index contributed by atoms with van der Waals surface area (Å²) in [5, 5.41) is 14.6. The van der Waals surface area contributed by atoms with Gasteiger partial charge in [-0.05, 0) is 51.5 Å². The van der Waals surface area contributed by atoms with E-state index in [4.69, 9.17) is 10.00 Å². The summed E-state index contributed by atoms with van der Waals surface area (Å²) in [6.07, 6.45) is -0.103. The smallest absolute Gasteiger partial charge is 0.407 e. The fourth-order valence-electron chi connectivity index (χ4n) is 1.55. The molecule has 114 valence electrons. The molecule has 0 fully saturated rings. The van der Waals surface area contributed by atoms with E-state index in [0.29, 0.717) is 18.7 Å². The molecule has 0 aliphatic rings. The lowest BCUT2D eigenvalue weighted by atomic mass is 10.2. The number of hydrogen-bond donors (Lipinski definition) is 2. The molecule has 0 radical (unpaired) electrons. The SMILES string of the molecule is CC(C)(C)OC(=O)NCCC(C#N)Nc1ccc(F)cc1. The topological polar surface area (TPSA) is 74.1 Å². The van der Waals surface area contributed by atoms with E-state index in [2.05, 4.69) is 16.7 Å². The number of benzene rings is 1. The van der Waals surface area contributed by atoms with E-state index in [9.17, 15) is 9.18 Å². The minimum Gasteiger partial charge on any atom is -0.444 e. The predicted octanol–water partition coefficient (Wildman–Crippen LogP) is 3.04. The van der Waals surface area contributed by atoms with Crippen LogP contribution in [0.2, 0.25) is 0 Å². The lowest BCUT2D eigenvalue weighted by Gasteiger charge is -2.20. The van der Waals surface area contributed by atoms with Gasteiger partial charge in [0, 0.05) is 12.2 Å². The Bertz CT molecular complexity index is 503. The Morgan fingerprint density at radius 1 is 1.38 bits per heavy atom. The van der Waals surface area contributed by atoms with Gasteiger partial charge in [0.2, 0.25) is 0 Å². The Morgan fingerprint density at radius 3 is 2.52 bits per heavy atom. The van der Waals surface area contributed by atoms with Gasteiger partial charge in [-0.3, -0.25) is 0 Å². The normalized spacial score (nSPS) is 12.1. The minimum absolute atomic E-state index is 0.307. The zero-order chi connectivity index (χ0) is 15.9. The van der Waals surface area contributed by atoms with Crippen molar-refractivity contribution in [2.75, 3.05) is 11.9 Å². The van der Waals surface area contributed by atoms with Crippen LogP contribution in [0.4, 0.5) is 14.9 Å². The molecule has 0 spiro atoms. The van der Waals surface area contributed by atoms with E-state index in [1.807, 2.05) is 0 Å². The average Bonchev–Trinajstić information content (AvgIpc) is 2.38. The lowest BCUT2D eigenvalue weighted by Crippen LogP contribution is -2.34. The van der Waals surface area contributed by atoms with Crippen molar-refractivity contribution in [3.05, 3.63) is 30.1 Å². The summed E-state index contributed by atoms with van der Waals surface area (Å²) in [6, 6.07) is 7.35. The Morgan fingerprint density at radius 2 is 2.00 bits per heavy atom. The third-order valence-corrected chi connectivity index (χ3v) is 2.44. The zero-order valence-corrected chi connectivity index (χ0v) is 12.4. The molecule has 1 aromatic carbocycles. The molecule has 5 nitrogen and oxygen atoms in total. The molecular weight excluding hydrogens is 273 g/mol. The van der Waals surface area contributed by atoms with E-state index < -0.39 is 17.7 Å². The number of ether oxygens (including phenoxy) is 1. The van der Waals surface area contributed by atoms with Gasteiger partial charge in [0.15, 0.2) is 0 Å². The molecule has 0 aliphatic heterocycles. The molecule has 0 heterocycles. The number of carbonyl (C=O) groups is 1. The molecule has 0 saturated heterocycles. The number of nitrogens with zero attached hydrogens (tertiary/aromatic N) is 1. The molecule has 21 heavy (non-hydrogen) atoms. The highest BCUT2D eigenvalue weighted by molar-refractivity contribution is 5.67. The summed E-state index contributed by atoms with van der Waals surface area (Å²) >= 11 is 0. The largest absolute Gasteiger partial charge is 0.444 e. The highest BCUT2D eigenvalue weighted by Crippen LogP contribution is 2.11. The second-order valence-electron chi connectivity index (χ2n) is 5.55. The maximum atomic E-state index is 12.8. The van der Waals surface area contributed by atoms with E-state index >= 15 is 0 Å². The van der Waals surface area contributed by atoms with Gasteiger partial charge in [-0.1, -0.05) is 0 Å². The number of rotatable bonds is 5. The Labute approximate surface area is 124 Å². The number of nitrogens with one attached hydrogen (secondary N) is 2. The van der Waals surface area contributed by atoms with Crippen LogP contribution < -0.4 is 10.6 Å². The van der Waals surface area contributed by atoms with Crippen LogP contribution in [0.1, 0.15) is 27.2 Å². The van der Waals surface area contributed by atoms with Crippen molar-refractivity contribution >= 4 is 11.8 Å². The summed E-state index contributed by atoms with van der Waals surface area (Å²) in [6.45, 7) is 5.64. The van der Waals surface area contributed by atoms with Crippen LogP contribution in [0.5, 0.6) is 0 Å². The molecule has 1 amide bonds. The monoisotopic (exact) mass is 293 g/mol. The summed E-state index contributed by atoms with van der Waals surface area (Å²) < 4.78 is 17.9. The zero-order valence-electron chi connectivity index (χ0n) is 12.4. The Balaban J connectivity index is 2.37. The molecule has 0 aliphatic carbocycles. The Hall–Kier alpha value is -2.29. The number of amides is 1. The molecular formula is C15H20FN3O2. The van der Waals surface area contributed by atoms with Crippen LogP contribution in [-0.4, -0.2) is 24.3 Å². The van der Waals surface area contributed by atoms with Crippen molar-refractivity contribution in [1.82, 2.24) is 5.32 Å². The van der Waals surface area contributed by atoms with Crippen molar-refractivity contribution in [3.8, 4) is 6.07 Å². The van der Waals surface area contributed by atoms with E-state index in [0.717, 1.165) is 0 Å². The van der Waals surface area contributed by atoms with Crippen molar-refractivity contribution in [3.63, 3.8) is 0 Å². The molecule has 0 saturated carbocycles. The standard InChI is InChI=1S/C15H20FN3O2/c1-15(2,3)21-14(20)18-9-8-13(10-17)19-12-6-4-11(16)5-7-12/h4-7,13,19H,8-9H2,1-3H3,(H,18,20). The molecule has 2 N–H and O–H groups in total. The van der Waals surface area contributed by atoms with E-state index in [1.165, 1.54) is 12.1 Å². The van der Waals surface area contributed by atoms with Gasteiger partial charge in [-0.25, -0.2) is 9.18 Å². The molecule has 1 atom stereocenters. The lowest BCUT2D eigenvalue weighted by molar-refractivity contribution is 0.0527. The van der Waals surface area contributed by atoms with Crippen molar-refractivity contribution in [2.45, 2.75) is 38.8 Å². The number of anilines is 1. The molecule has 1 aromatic rings. The van der Waals surface area contributed by atoms with Crippen LogP contribution in [0.15, 0.2) is 24.3 Å². The second kappa shape index (κ2) is 7.48.